The van der Waals surface area contributed by atoms with E-state index in [0.29, 0.717) is 6.42 Å². The Labute approximate surface area is 134 Å². The van der Waals surface area contributed by atoms with Gasteiger partial charge in [-0.2, -0.15) is 5.10 Å². The number of hydrogen-bond acceptors (Lipinski definition) is 6. The Morgan fingerprint density at radius 2 is 2.09 bits per heavy atom. The van der Waals surface area contributed by atoms with E-state index < -0.39 is 27.9 Å². The molecule has 130 valence electrons. The third-order valence-corrected chi connectivity index (χ3v) is 4.44. The molecule has 0 aliphatic rings. The molecule has 10 heteroatoms. The van der Waals surface area contributed by atoms with Crippen molar-refractivity contribution in [3.8, 4) is 0 Å². The Bertz CT molecular complexity index is 652. The minimum atomic E-state index is -3.90. The van der Waals surface area contributed by atoms with Crippen LogP contribution < -0.4 is 4.72 Å². The number of rotatable bonds is 9. The van der Waals surface area contributed by atoms with Gasteiger partial charge in [0.25, 0.3) is 0 Å². The molecule has 1 aromatic heterocycles. The Balaban J connectivity index is 2.75. The highest BCUT2D eigenvalue weighted by Gasteiger charge is 2.23. The van der Waals surface area contributed by atoms with E-state index in [-0.39, 0.29) is 23.9 Å². The maximum Gasteiger partial charge on any atom is 0.327 e. The molecule has 23 heavy (non-hydrogen) atoms. The number of aromatic nitrogens is 2. The van der Waals surface area contributed by atoms with Crippen molar-refractivity contribution in [3.63, 3.8) is 0 Å². The summed E-state index contributed by atoms with van der Waals surface area (Å²) in [6.45, 7) is 3.30. The number of nitrogens with zero attached hydrogens (tertiary/aromatic N) is 2. The standard InChI is InChI=1S/C13H21N3O6S/c1-9(2)4-10(13(18)19)5-15-23(20,21)11-6-14-16(7-11)8-12(17)22-3/h6-7,9-10,15H,4-5,8H2,1-3H3,(H,18,19). The van der Waals surface area contributed by atoms with Crippen molar-refractivity contribution >= 4 is 22.0 Å². The molecule has 9 nitrogen and oxygen atoms in total. The fraction of sp³-hybridized carbons (Fsp3) is 0.615. The highest BCUT2D eigenvalue weighted by atomic mass is 32.2. The number of hydrogen-bond donors (Lipinski definition) is 2. The van der Waals surface area contributed by atoms with Gasteiger partial charge in [-0.1, -0.05) is 13.8 Å². The van der Waals surface area contributed by atoms with E-state index in [1.807, 2.05) is 13.8 Å². The van der Waals surface area contributed by atoms with Crippen LogP contribution in [0, 0.1) is 11.8 Å². The second-order valence-electron chi connectivity index (χ2n) is 5.47. The van der Waals surface area contributed by atoms with Crippen LogP contribution in [0.3, 0.4) is 0 Å². The summed E-state index contributed by atoms with van der Waals surface area (Å²) in [5.74, 6) is -2.30. The minimum absolute atomic E-state index is 0.128. The van der Waals surface area contributed by atoms with Crippen LogP contribution in [0.15, 0.2) is 17.3 Å². The van der Waals surface area contributed by atoms with Gasteiger partial charge in [-0.05, 0) is 12.3 Å². The lowest BCUT2D eigenvalue weighted by molar-refractivity contribution is -0.142. The molecule has 1 unspecified atom stereocenters. The Hall–Kier alpha value is -1.94. The zero-order valence-corrected chi connectivity index (χ0v) is 14.0. The lowest BCUT2D eigenvalue weighted by atomic mass is 9.98. The van der Waals surface area contributed by atoms with Crippen LogP contribution in [0.2, 0.25) is 0 Å². The molecule has 0 aromatic carbocycles. The Morgan fingerprint density at radius 3 is 2.61 bits per heavy atom. The molecule has 0 spiro atoms. The fourth-order valence-corrected chi connectivity index (χ4v) is 2.93. The first-order chi connectivity index (χ1) is 10.7. The molecule has 1 heterocycles. The summed E-state index contributed by atoms with van der Waals surface area (Å²) in [5, 5.41) is 12.9. The van der Waals surface area contributed by atoms with Gasteiger partial charge < -0.3 is 9.84 Å². The summed E-state index contributed by atoms with van der Waals surface area (Å²) in [6, 6.07) is 0. The highest BCUT2D eigenvalue weighted by molar-refractivity contribution is 7.89. The summed E-state index contributed by atoms with van der Waals surface area (Å²) in [7, 11) is -2.68. The van der Waals surface area contributed by atoms with Gasteiger partial charge in [0, 0.05) is 12.7 Å². The average molecular weight is 347 g/mol. The monoisotopic (exact) mass is 347 g/mol. The summed E-state index contributed by atoms with van der Waals surface area (Å²) in [4.78, 5) is 22.1. The number of carbonyl (C=O) groups excluding carboxylic acids is 1. The first-order valence-electron chi connectivity index (χ1n) is 6.97. The van der Waals surface area contributed by atoms with Crippen molar-refractivity contribution in [1.29, 1.82) is 0 Å². The number of nitrogens with one attached hydrogen (secondary N) is 1. The van der Waals surface area contributed by atoms with Gasteiger partial charge in [0.1, 0.15) is 11.4 Å². The van der Waals surface area contributed by atoms with Gasteiger partial charge in [0.15, 0.2) is 0 Å². The third-order valence-electron chi connectivity index (χ3n) is 3.06. The number of carboxylic acids is 1. The number of sulfonamides is 1. The molecule has 0 radical (unpaired) electrons. The van der Waals surface area contributed by atoms with Gasteiger partial charge in [-0.25, -0.2) is 13.1 Å². The predicted octanol–water partition coefficient (Wildman–Crippen LogP) is 0.0813. The molecule has 2 N–H and O–H groups in total. The van der Waals surface area contributed by atoms with Crippen LogP contribution in [0.5, 0.6) is 0 Å². The molecule has 0 bridgehead atoms. The van der Waals surface area contributed by atoms with Crippen molar-refractivity contribution < 1.29 is 27.9 Å². The van der Waals surface area contributed by atoms with E-state index >= 15 is 0 Å². The summed E-state index contributed by atoms with van der Waals surface area (Å²) < 4.78 is 32.1. The lowest BCUT2D eigenvalue weighted by Crippen LogP contribution is -2.33. The highest BCUT2D eigenvalue weighted by Crippen LogP contribution is 2.13. The molecule has 1 rings (SSSR count). The number of ether oxygens (including phenoxy) is 1. The van der Waals surface area contributed by atoms with Gasteiger partial charge >= 0.3 is 11.9 Å². The van der Waals surface area contributed by atoms with Gasteiger partial charge in [0.05, 0.1) is 19.2 Å². The van der Waals surface area contributed by atoms with Gasteiger partial charge in [-0.15, -0.1) is 0 Å². The second-order valence-corrected chi connectivity index (χ2v) is 7.23. The maximum absolute atomic E-state index is 12.1. The maximum atomic E-state index is 12.1. The van der Waals surface area contributed by atoms with Crippen molar-refractivity contribution in [1.82, 2.24) is 14.5 Å². The molecular formula is C13H21N3O6S. The first kappa shape index (κ1) is 19.1. The summed E-state index contributed by atoms with van der Waals surface area (Å²) in [6.07, 6.45) is 2.63. The second kappa shape index (κ2) is 8.06. The number of methoxy groups -OCH3 is 1. The molecule has 1 aromatic rings. The Morgan fingerprint density at radius 1 is 1.43 bits per heavy atom. The Kier molecular flexibility index (Phi) is 6.70. The quantitative estimate of drug-likeness (QED) is 0.605. The lowest BCUT2D eigenvalue weighted by Gasteiger charge is -2.15. The molecular weight excluding hydrogens is 326 g/mol. The molecule has 1 atom stereocenters. The van der Waals surface area contributed by atoms with Crippen LogP contribution in [-0.4, -0.2) is 48.9 Å². The van der Waals surface area contributed by atoms with E-state index in [1.54, 1.807) is 0 Å². The van der Waals surface area contributed by atoms with Crippen LogP contribution >= 0.6 is 0 Å². The number of carbonyl (C=O) groups is 2. The van der Waals surface area contributed by atoms with Crippen LogP contribution in [0.4, 0.5) is 0 Å². The molecule has 0 aliphatic heterocycles. The largest absolute Gasteiger partial charge is 0.481 e. The van der Waals surface area contributed by atoms with E-state index in [1.165, 1.54) is 13.3 Å². The molecule has 0 fully saturated rings. The molecule has 0 aliphatic carbocycles. The molecule has 0 saturated carbocycles. The normalized spacial score (nSPS) is 13.0. The SMILES string of the molecule is COC(=O)Cn1cc(S(=O)(=O)NCC(CC(C)C)C(=O)O)cn1. The van der Waals surface area contributed by atoms with Crippen LogP contribution in [0.25, 0.3) is 0 Å². The van der Waals surface area contributed by atoms with E-state index in [0.717, 1.165) is 10.9 Å². The molecule has 0 amide bonds. The van der Waals surface area contributed by atoms with E-state index in [9.17, 15) is 18.0 Å². The number of carboxylic acid groups (broad SMARTS) is 1. The number of aliphatic carboxylic acids is 1. The van der Waals surface area contributed by atoms with Crippen molar-refractivity contribution in [3.05, 3.63) is 12.4 Å². The average Bonchev–Trinajstić information content (AvgIpc) is 2.92. The van der Waals surface area contributed by atoms with Gasteiger partial charge in [0.2, 0.25) is 10.0 Å². The third kappa shape index (κ3) is 5.99. The minimum Gasteiger partial charge on any atom is -0.481 e. The fourth-order valence-electron chi connectivity index (χ4n) is 1.90. The molecule has 0 saturated heterocycles. The summed E-state index contributed by atoms with van der Waals surface area (Å²) >= 11 is 0. The zero-order chi connectivity index (χ0) is 17.6. The summed E-state index contributed by atoms with van der Waals surface area (Å²) in [5.41, 5.74) is 0. The van der Waals surface area contributed by atoms with E-state index in [4.69, 9.17) is 5.11 Å². The zero-order valence-electron chi connectivity index (χ0n) is 13.2. The van der Waals surface area contributed by atoms with Crippen molar-refractivity contribution in [2.75, 3.05) is 13.7 Å². The predicted molar refractivity (Wildman–Crippen MR) is 80.0 cm³/mol. The van der Waals surface area contributed by atoms with Gasteiger partial charge in [-0.3, -0.25) is 14.3 Å². The van der Waals surface area contributed by atoms with E-state index in [2.05, 4.69) is 14.6 Å². The van der Waals surface area contributed by atoms with Crippen molar-refractivity contribution in [2.45, 2.75) is 31.7 Å². The topological polar surface area (TPSA) is 128 Å². The number of esters is 1. The van der Waals surface area contributed by atoms with Crippen LogP contribution in [0.1, 0.15) is 20.3 Å². The first-order valence-corrected chi connectivity index (χ1v) is 8.45. The smallest absolute Gasteiger partial charge is 0.327 e. The van der Waals surface area contributed by atoms with Crippen molar-refractivity contribution in [2.24, 2.45) is 11.8 Å². The van der Waals surface area contributed by atoms with Crippen LogP contribution in [-0.2, 0) is 30.9 Å².